The number of sulfonamides is 1. The minimum Gasteiger partial charge on any atom is -0.493 e. The Morgan fingerprint density at radius 3 is 2.23 bits per heavy atom. The van der Waals surface area contributed by atoms with Gasteiger partial charge in [0.2, 0.25) is 15.9 Å². The van der Waals surface area contributed by atoms with E-state index in [9.17, 15) is 13.2 Å². The Morgan fingerprint density at radius 2 is 1.60 bits per heavy atom. The van der Waals surface area contributed by atoms with Crippen LogP contribution in [0.4, 0.5) is 8.78 Å². The second-order valence-corrected chi connectivity index (χ2v) is 14.4. The largest absolute Gasteiger partial charge is 0.493 e. The van der Waals surface area contributed by atoms with Crippen molar-refractivity contribution in [3.05, 3.63) is 77.3 Å². The fraction of sp³-hybridized carbons (Fsp3) is 0.457. The van der Waals surface area contributed by atoms with Crippen LogP contribution in [-0.4, -0.2) is 57.6 Å². The SMILES string of the molecule is CCOc1cc(-c2ccc(C(F)(F)[C@@H](NS(=O)(=O)c3ccc(OCC4CCCCC4)cc3)C(=O)N3CCC(N)CC3)cc2)ccc1Cl. The number of hydrogen-bond donors (Lipinski definition) is 2. The number of ether oxygens (including phenoxy) is 2. The van der Waals surface area contributed by atoms with E-state index < -0.39 is 33.5 Å². The molecule has 3 aromatic carbocycles. The second-order valence-electron chi connectivity index (χ2n) is 12.3. The average Bonchev–Trinajstić information content (AvgIpc) is 3.08. The molecular formula is C35H42ClF2N3O5S. The molecule has 254 valence electrons. The van der Waals surface area contributed by atoms with Crippen LogP contribution in [0.5, 0.6) is 11.5 Å². The van der Waals surface area contributed by atoms with Gasteiger partial charge in [0.1, 0.15) is 11.5 Å². The number of rotatable bonds is 12. The number of halogens is 3. The Morgan fingerprint density at radius 1 is 0.957 bits per heavy atom. The van der Waals surface area contributed by atoms with E-state index in [4.69, 9.17) is 26.8 Å². The van der Waals surface area contributed by atoms with Gasteiger partial charge in [-0.3, -0.25) is 4.79 Å². The molecule has 12 heteroatoms. The maximum Gasteiger partial charge on any atom is 0.298 e. The molecule has 1 saturated carbocycles. The van der Waals surface area contributed by atoms with Gasteiger partial charge in [0.05, 0.1) is 23.1 Å². The smallest absolute Gasteiger partial charge is 0.298 e. The van der Waals surface area contributed by atoms with E-state index in [1.165, 1.54) is 72.7 Å². The predicted octanol–water partition coefficient (Wildman–Crippen LogP) is 6.75. The molecule has 3 N–H and O–H groups in total. The Kier molecular flexibility index (Phi) is 11.4. The van der Waals surface area contributed by atoms with Gasteiger partial charge < -0.3 is 20.1 Å². The fourth-order valence-electron chi connectivity index (χ4n) is 6.09. The summed E-state index contributed by atoms with van der Waals surface area (Å²) < 4.78 is 73.3. The maximum absolute atomic E-state index is 16.4. The highest BCUT2D eigenvalue weighted by Gasteiger charge is 2.50. The highest BCUT2D eigenvalue weighted by atomic mass is 35.5. The number of carbonyl (C=O) groups excluding carboxylic acids is 1. The predicted molar refractivity (Wildman–Crippen MR) is 178 cm³/mol. The number of nitrogens with one attached hydrogen (secondary N) is 1. The van der Waals surface area contributed by atoms with Gasteiger partial charge >= 0.3 is 0 Å². The lowest BCUT2D eigenvalue weighted by Gasteiger charge is -2.35. The molecule has 2 fully saturated rings. The van der Waals surface area contributed by atoms with Gasteiger partial charge in [-0.05, 0) is 86.1 Å². The van der Waals surface area contributed by atoms with Crippen LogP contribution in [0.15, 0.2) is 71.6 Å². The first kappa shape index (κ1) is 35.1. The van der Waals surface area contributed by atoms with E-state index in [2.05, 4.69) is 4.72 Å². The second kappa shape index (κ2) is 15.3. The first-order valence-corrected chi connectivity index (χ1v) is 18.0. The van der Waals surface area contributed by atoms with Gasteiger partial charge in [-0.25, -0.2) is 8.42 Å². The van der Waals surface area contributed by atoms with Crippen molar-refractivity contribution >= 4 is 27.5 Å². The highest BCUT2D eigenvalue weighted by molar-refractivity contribution is 7.89. The number of carbonyl (C=O) groups is 1. The number of amides is 1. The zero-order chi connectivity index (χ0) is 33.6. The van der Waals surface area contributed by atoms with Gasteiger partial charge in [-0.2, -0.15) is 13.5 Å². The molecule has 1 atom stereocenters. The van der Waals surface area contributed by atoms with Crippen molar-refractivity contribution in [2.75, 3.05) is 26.3 Å². The van der Waals surface area contributed by atoms with Crippen molar-refractivity contribution < 1.29 is 31.5 Å². The van der Waals surface area contributed by atoms with Crippen molar-refractivity contribution in [1.29, 1.82) is 0 Å². The normalized spacial score (nSPS) is 17.3. The molecule has 1 heterocycles. The van der Waals surface area contributed by atoms with E-state index in [0.717, 1.165) is 12.8 Å². The molecule has 0 radical (unpaired) electrons. The number of hydrogen-bond acceptors (Lipinski definition) is 6. The third kappa shape index (κ3) is 8.62. The fourth-order valence-corrected chi connectivity index (χ4v) is 7.45. The lowest BCUT2D eigenvalue weighted by molar-refractivity contribution is -0.145. The quantitative estimate of drug-likeness (QED) is 0.218. The van der Waals surface area contributed by atoms with Gasteiger partial charge in [0.25, 0.3) is 5.92 Å². The van der Waals surface area contributed by atoms with Crippen molar-refractivity contribution in [2.45, 2.75) is 74.8 Å². The molecule has 8 nitrogen and oxygen atoms in total. The molecular weight excluding hydrogens is 648 g/mol. The summed E-state index contributed by atoms with van der Waals surface area (Å²) in [6.07, 6.45) is 6.63. The van der Waals surface area contributed by atoms with Gasteiger partial charge in [0.15, 0.2) is 6.04 Å². The monoisotopic (exact) mass is 689 g/mol. The Hall–Kier alpha value is -3.25. The lowest BCUT2D eigenvalue weighted by atomic mass is 9.90. The summed E-state index contributed by atoms with van der Waals surface area (Å²) in [5.41, 5.74) is 6.77. The Bertz CT molecular complexity index is 1610. The molecule has 1 aliphatic carbocycles. The van der Waals surface area contributed by atoms with Crippen LogP contribution < -0.4 is 19.9 Å². The third-order valence-electron chi connectivity index (χ3n) is 8.91. The Labute approximate surface area is 280 Å². The van der Waals surface area contributed by atoms with E-state index in [1.807, 2.05) is 6.92 Å². The number of likely N-dealkylation sites (tertiary alicyclic amines) is 1. The van der Waals surface area contributed by atoms with E-state index >= 15 is 8.78 Å². The number of benzene rings is 3. The highest BCUT2D eigenvalue weighted by Crippen LogP contribution is 2.37. The summed E-state index contributed by atoms with van der Waals surface area (Å²) in [4.78, 5) is 14.7. The third-order valence-corrected chi connectivity index (χ3v) is 10.7. The minimum absolute atomic E-state index is 0.152. The van der Waals surface area contributed by atoms with Crippen LogP contribution in [0, 0.1) is 5.92 Å². The summed E-state index contributed by atoms with van der Waals surface area (Å²) >= 11 is 6.20. The van der Waals surface area contributed by atoms with Crippen LogP contribution in [0.25, 0.3) is 11.1 Å². The van der Waals surface area contributed by atoms with Crippen LogP contribution >= 0.6 is 11.6 Å². The van der Waals surface area contributed by atoms with Crippen molar-refractivity contribution in [3.63, 3.8) is 0 Å². The number of nitrogens with zero attached hydrogens (tertiary/aromatic N) is 1. The van der Waals surface area contributed by atoms with E-state index in [0.29, 0.717) is 59.6 Å². The molecule has 47 heavy (non-hydrogen) atoms. The van der Waals surface area contributed by atoms with E-state index in [-0.39, 0.29) is 24.0 Å². The van der Waals surface area contributed by atoms with E-state index in [1.54, 1.807) is 18.2 Å². The molecule has 1 saturated heterocycles. The van der Waals surface area contributed by atoms with Crippen LogP contribution in [-0.2, 0) is 20.7 Å². The van der Waals surface area contributed by atoms with Crippen LogP contribution in [0.2, 0.25) is 5.02 Å². The van der Waals surface area contributed by atoms with Gasteiger partial charge in [-0.1, -0.05) is 61.2 Å². The summed E-state index contributed by atoms with van der Waals surface area (Å²) in [6, 6.07) is 13.6. The number of alkyl halides is 2. The molecule has 0 bridgehead atoms. The topological polar surface area (TPSA) is 111 Å². The summed E-state index contributed by atoms with van der Waals surface area (Å²) in [5, 5.41) is 0.424. The summed E-state index contributed by atoms with van der Waals surface area (Å²) in [5.74, 6) is -3.50. The molecule has 0 aromatic heterocycles. The molecule has 0 spiro atoms. The Balaban J connectivity index is 1.38. The van der Waals surface area contributed by atoms with Gasteiger partial charge in [-0.15, -0.1) is 0 Å². The van der Waals surface area contributed by atoms with Crippen LogP contribution in [0.3, 0.4) is 0 Å². The zero-order valence-electron chi connectivity index (χ0n) is 26.5. The standard InChI is InChI=1S/C35H42ClF2N3O5S/c1-2-45-32-22-26(10-17-31(32)36)25-8-11-27(12-9-25)35(37,38)33(34(42)41-20-18-28(39)19-21-41)40-47(43,44)30-15-13-29(14-16-30)46-23-24-6-4-3-5-7-24/h8-17,22,24,28,33,40H,2-7,18-21,23,39H2,1H3/t33-/m0/s1. The van der Waals surface area contributed by atoms with Crippen LogP contribution in [0.1, 0.15) is 57.4 Å². The molecule has 0 unspecified atom stereocenters. The van der Waals surface area contributed by atoms with Gasteiger partial charge in [0, 0.05) is 24.7 Å². The summed E-state index contributed by atoms with van der Waals surface area (Å²) in [6.45, 7) is 3.07. The van der Waals surface area contributed by atoms with Crippen molar-refractivity contribution in [1.82, 2.24) is 9.62 Å². The molecule has 3 aromatic rings. The lowest BCUT2D eigenvalue weighted by Crippen LogP contribution is -2.57. The number of piperidine rings is 1. The van der Waals surface area contributed by atoms with Crippen molar-refractivity contribution in [3.8, 4) is 22.6 Å². The first-order chi connectivity index (χ1) is 22.5. The molecule has 5 rings (SSSR count). The zero-order valence-corrected chi connectivity index (χ0v) is 28.0. The number of nitrogens with two attached hydrogens (primary N) is 1. The minimum atomic E-state index is -4.55. The summed E-state index contributed by atoms with van der Waals surface area (Å²) in [7, 11) is -4.55. The first-order valence-electron chi connectivity index (χ1n) is 16.2. The molecule has 1 amide bonds. The molecule has 2 aliphatic rings. The molecule has 1 aliphatic heterocycles. The average molecular weight is 690 g/mol. The van der Waals surface area contributed by atoms with Crippen molar-refractivity contribution in [2.24, 2.45) is 11.7 Å². The maximum atomic E-state index is 16.4.